The standard InChI is InChI=1S/C11H13O5P/c1-16-6-9-4-2-3-5-17(9)11(7-12,8-13)10(14)15/h2-4,7-8H,5-6H2,1H3,(H,14,15). The van der Waals surface area contributed by atoms with Crippen molar-refractivity contribution in [2.24, 2.45) is 0 Å². The second-order valence-electron chi connectivity index (χ2n) is 3.50. The SMILES string of the molecule is COCC1=CC=CCP1C(C=O)(C=O)C(=O)O. The van der Waals surface area contributed by atoms with Crippen molar-refractivity contribution in [2.45, 2.75) is 5.16 Å². The van der Waals surface area contributed by atoms with E-state index in [0.29, 0.717) is 11.5 Å². The van der Waals surface area contributed by atoms with Crippen LogP contribution in [0.25, 0.3) is 0 Å². The Balaban J connectivity index is 3.15. The molecule has 1 aliphatic heterocycles. The molecule has 0 bridgehead atoms. The predicted octanol–water partition coefficient (Wildman–Crippen LogP) is 0.790. The van der Waals surface area contributed by atoms with Gasteiger partial charge in [0.05, 0.1) is 6.61 Å². The van der Waals surface area contributed by atoms with Crippen LogP contribution >= 0.6 is 7.92 Å². The van der Waals surface area contributed by atoms with Crippen LogP contribution < -0.4 is 0 Å². The summed E-state index contributed by atoms with van der Waals surface area (Å²) in [6.45, 7) is 0.229. The lowest BCUT2D eigenvalue weighted by Crippen LogP contribution is -2.41. The summed E-state index contributed by atoms with van der Waals surface area (Å²) < 4.78 is 4.96. The van der Waals surface area contributed by atoms with E-state index >= 15 is 0 Å². The molecular formula is C11H13O5P. The molecule has 1 aliphatic rings. The topological polar surface area (TPSA) is 80.7 Å². The summed E-state index contributed by atoms with van der Waals surface area (Å²) in [5.41, 5.74) is 0. The van der Waals surface area contributed by atoms with E-state index in [4.69, 9.17) is 9.84 Å². The van der Waals surface area contributed by atoms with Gasteiger partial charge in [-0.05, 0) is 19.4 Å². The second-order valence-corrected chi connectivity index (χ2v) is 6.03. The third-order valence-corrected chi connectivity index (χ3v) is 5.34. The molecule has 0 spiro atoms. The van der Waals surface area contributed by atoms with Gasteiger partial charge in [0.15, 0.2) is 0 Å². The van der Waals surface area contributed by atoms with Gasteiger partial charge < -0.3 is 19.4 Å². The fourth-order valence-corrected chi connectivity index (χ4v) is 3.97. The zero-order chi connectivity index (χ0) is 12.9. The van der Waals surface area contributed by atoms with Crippen molar-refractivity contribution in [1.29, 1.82) is 0 Å². The molecule has 92 valence electrons. The van der Waals surface area contributed by atoms with Crippen LogP contribution in [-0.4, -0.2) is 48.7 Å². The van der Waals surface area contributed by atoms with Crippen LogP contribution in [0.2, 0.25) is 0 Å². The highest BCUT2D eigenvalue weighted by molar-refractivity contribution is 7.67. The van der Waals surface area contributed by atoms with Crippen LogP contribution in [0.1, 0.15) is 0 Å². The van der Waals surface area contributed by atoms with Gasteiger partial charge in [-0.2, -0.15) is 0 Å². The molecule has 1 unspecified atom stereocenters. The smallest absolute Gasteiger partial charge is 0.328 e. The Kier molecular flexibility index (Phi) is 4.73. The number of carbonyl (C=O) groups is 3. The number of carboxylic acid groups (broad SMARTS) is 1. The van der Waals surface area contributed by atoms with Crippen molar-refractivity contribution in [3.8, 4) is 0 Å². The molecule has 0 radical (unpaired) electrons. The molecule has 17 heavy (non-hydrogen) atoms. The van der Waals surface area contributed by atoms with Crippen LogP contribution in [0.4, 0.5) is 0 Å². The van der Waals surface area contributed by atoms with Crippen molar-refractivity contribution < 1.29 is 24.2 Å². The summed E-state index contributed by atoms with van der Waals surface area (Å²) in [6.07, 6.45) is 6.11. The molecule has 0 amide bonds. The van der Waals surface area contributed by atoms with Gasteiger partial charge in [0.1, 0.15) is 12.6 Å². The summed E-state index contributed by atoms with van der Waals surface area (Å²) in [4.78, 5) is 33.3. The number of methoxy groups -OCH3 is 1. The van der Waals surface area contributed by atoms with Crippen molar-refractivity contribution in [3.05, 3.63) is 23.5 Å². The number of hydrogen-bond donors (Lipinski definition) is 1. The lowest BCUT2D eigenvalue weighted by atomic mass is 10.2. The summed E-state index contributed by atoms with van der Waals surface area (Å²) in [6, 6.07) is 0. The molecule has 6 heteroatoms. The third-order valence-electron chi connectivity index (χ3n) is 2.50. The summed E-state index contributed by atoms with van der Waals surface area (Å²) in [5, 5.41) is 7.87. The zero-order valence-electron chi connectivity index (χ0n) is 9.33. The van der Waals surface area contributed by atoms with Crippen molar-refractivity contribution >= 4 is 26.5 Å². The first-order valence-electron chi connectivity index (χ1n) is 4.90. The molecular weight excluding hydrogens is 243 g/mol. The van der Waals surface area contributed by atoms with Crippen LogP contribution in [0, 0.1) is 0 Å². The lowest BCUT2D eigenvalue weighted by Gasteiger charge is -2.30. The lowest BCUT2D eigenvalue weighted by molar-refractivity contribution is -0.143. The average Bonchev–Trinajstić information content (AvgIpc) is 2.33. The average molecular weight is 256 g/mol. The van der Waals surface area contributed by atoms with Crippen LogP contribution in [0.15, 0.2) is 23.5 Å². The van der Waals surface area contributed by atoms with E-state index in [9.17, 15) is 14.4 Å². The molecule has 0 fully saturated rings. The first-order valence-corrected chi connectivity index (χ1v) is 6.43. The van der Waals surface area contributed by atoms with Crippen molar-refractivity contribution in [2.75, 3.05) is 19.9 Å². The molecule has 0 aromatic rings. The number of carbonyl (C=O) groups excluding carboxylic acids is 2. The molecule has 0 aliphatic carbocycles. The first kappa shape index (κ1) is 13.7. The van der Waals surface area contributed by atoms with Crippen LogP contribution in [0.5, 0.6) is 0 Å². The molecule has 0 aromatic carbocycles. The Hall–Kier alpha value is -1.32. The van der Waals surface area contributed by atoms with Gasteiger partial charge >= 0.3 is 5.97 Å². The summed E-state index contributed by atoms with van der Waals surface area (Å²) >= 11 is 0. The number of aliphatic carboxylic acids is 1. The normalized spacial score (nSPS) is 19.6. The van der Waals surface area contributed by atoms with Gasteiger partial charge in [-0.25, -0.2) is 0 Å². The molecule has 0 aromatic heterocycles. The summed E-state index contributed by atoms with van der Waals surface area (Å²) in [5.74, 6) is -1.40. The predicted molar refractivity (Wildman–Crippen MR) is 63.4 cm³/mol. The largest absolute Gasteiger partial charge is 0.480 e. The molecule has 1 heterocycles. The van der Waals surface area contributed by atoms with Gasteiger partial charge in [0.25, 0.3) is 0 Å². The van der Waals surface area contributed by atoms with E-state index in [1.807, 2.05) is 0 Å². The van der Waals surface area contributed by atoms with Gasteiger partial charge in [-0.3, -0.25) is 4.79 Å². The Morgan fingerprint density at radius 1 is 1.59 bits per heavy atom. The number of aldehydes is 2. The molecule has 1 rings (SSSR count). The first-order chi connectivity index (χ1) is 8.12. The number of ether oxygens (including phenoxy) is 1. The maximum absolute atomic E-state index is 11.2. The number of allylic oxidation sites excluding steroid dienone is 3. The molecule has 0 saturated heterocycles. The minimum absolute atomic E-state index is 0.229. The molecule has 5 nitrogen and oxygen atoms in total. The quantitative estimate of drug-likeness (QED) is 0.431. The van der Waals surface area contributed by atoms with E-state index in [2.05, 4.69) is 0 Å². The van der Waals surface area contributed by atoms with Gasteiger partial charge in [0, 0.05) is 7.11 Å². The maximum Gasteiger partial charge on any atom is 0.328 e. The molecule has 1 N–H and O–H groups in total. The molecule has 0 saturated carbocycles. The third kappa shape index (κ3) is 2.51. The second kappa shape index (κ2) is 5.84. The minimum Gasteiger partial charge on any atom is -0.480 e. The minimum atomic E-state index is -1.95. The highest BCUT2D eigenvalue weighted by atomic mass is 31.1. The van der Waals surface area contributed by atoms with Gasteiger partial charge in [-0.1, -0.05) is 18.2 Å². The Morgan fingerprint density at radius 3 is 2.71 bits per heavy atom. The maximum atomic E-state index is 11.2. The number of hydrogen-bond acceptors (Lipinski definition) is 4. The Morgan fingerprint density at radius 2 is 2.24 bits per heavy atom. The van der Waals surface area contributed by atoms with E-state index in [1.165, 1.54) is 7.11 Å². The fourth-order valence-electron chi connectivity index (χ4n) is 1.59. The van der Waals surface area contributed by atoms with E-state index < -0.39 is 19.0 Å². The number of rotatable bonds is 6. The van der Waals surface area contributed by atoms with Crippen molar-refractivity contribution in [3.63, 3.8) is 0 Å². The molecule has 1 atom stereocenters. The van der Waals surface area contributed by atoms with Gasteiger partial charge in [-0.15, -0.1) is 0 Å². The van der Waals surface area contributed by atoms with Gasteiger partial charge in [0.2, 0.25) is 5.16 Å². The summed E-state index contributed by atoms with van der Waals surface area (Å²) in [7, 11) is 0.0683. The fraction of sp³-hybridized carbons (Fsp3) is 0.364. The number of carboxylic acids is 1. The highest BCUT2D eigenvalue weighted by Gasteiger charge is 2.47. The van der Waals surface area contributed by atoms with Crippen LogP contribution in [-0.2, 0) is 19.1 Å². The Labute approximate surface area is 99.9 Å². The van der Waals surface area contributed by atoms with E-state index in [0.717, 1.165) is 0 Å². The Bertz CT molecular complexity index is 377. The van der Waals surface area contributed by atoms with E-state index in [-0.39, 0.29) is 19.2 Å². The monoisotopic (exact) mass is 256 g/mol. The van der Waals surface area contributed by atoms with Crippen molar-refractivity contribution in [1.82, 2.24) is 0 Å². The highest BCUT2D eigenvalue weighted by Crippen LogP contribution is 2.56. The van der Waals surface area contributed by atoms with E-state index in [1.54, 1.807) is 18.2 Å². The zero-order valence-corrected chi connectivity index (χ0v) is 10.2. The van der Waals surface area contributed by atoms with Crippen LogP contribution in [0.3, 0.4) is 0 Å².